The topological polar surface area (TPSA) is 20.2 Å². The Bertz CT molecular complexity index is 317. The zero-order valence-corrected chi connectivity index (χ0v) is 21.8. The Hall–Kier alpha value is -0.0400. The number of hydrogen-bond donors (Lipinski definition) is 1. The molecule has 1 atom stereocenters. The molecule has 0 amide bonds. The highest BCUT2D eigenvalue weighted by atomic mass is 16.3. The van der Waals surface area contributed by atoms with Crippen molar-refractivity contribution in [1.29, 1.82) is 0 Å². The van der Waals surface area contributed by atoms with Gasteiger partial charge in [0.05, 0.1) is 6.10 Å². The van der Waals surface area contributed by atoms with E-state index in [1.165, 1.54) is 135 Å². The zero-order valence-electron chi connectivity index (χ0n) is 21.8. The van der Waals surface area contributed by atoms with Crippen LogP contribution in [0.25, 0.3) is 0 Å². The van der Waals surface area contributed by atoms with Crippen molar-refractivity contribution >= 4 is 0 Å². The fourth-order valence-electron chi connectivity index (χ4n) is 4.46. The SMILES string of the molecule is CCCCCCCCCC(O)CCCCCCCCCCCCCCCC(C)(C)C. The van der Waals surface area contributed by atoms with Crippen molar-refractivity contribution in [2.24, 2.45) is 5.41 Å². The summed E-state index contributed by atoms with van der Waals surface area (Å²) in [4.78, 5) is 0. The minimum atomic E-state index is -0.0332. The lowest BCUT2D eigenvalue weighted by Crippen LogP contribution is -2.05. The summed E-state index contributed by atoms with van der Waals surface area (Å²) < 4.78 is 0. The van der Waals surface area contributed by atoms with Crippen LogP contribution in [0.1, 0.15) is 175 Å². The van der Waals surface area contributed by atoms with Gasteiger partial charge in [-0.15, -0.1) is 0 Å². The first-order valence-electron chi connectivity index (χ1n) is 14.1. The van der Waals surface area contributed by atoms with Crippen LogP contribution in [0.3, 0.4) is 0 Å². The van der Waals surface area contributed by atoms with Gasteiger partial charge in [-0.2, -0.15) is 0 Å². The Balaban J connectivity index is 3.15. The smallest absolute Gasteiger partial charge is 0.0540 e. The van der Waals surface area contributed by atoms with E-state index in [0.717, 1.165) is 12.8 Å². The van der Waals surface area contributed by atoms with E-state index in [9.17, 15) is 5.11 Å². The third kappa shape index (κ3) is 26.0. The van der Waals surface area contributed by atoms with Gasteiger partial charge in [0.15, 0.2) is 0 Å². The molecule has 0 spiro atoms. The van der Waals surface area contributed by atoms with Crippen LogP contribution in [0.15, 0.2) is 0 Å². The molecule has 30 heavy (non-hydrogen) atoms. The lowest BCUT2D eigenvalue weighted by Gasteiger charge is -2.17. The van der Waals surface area contributed by atoms with Gasteiger partial charge < -0.3 is 5.11 Å². The normalized spacial score (nSPS) is 13.1. The molecule has 0 aliphatic rings. The van der Waals surface area contributed by atoms with Gasteiger partial charge in [0.2, 0.25) is 0 Å². The fraction of sp³-hybridized carbons (Fsp3) is 1.00. The van der Waals surface area contributed by atoms with Gasteiger partial charge in [0.1, 0.15) is 0 Å². The lowest BCUT2D eigenvalue weighted by molar-refractivity contribution is 0.147. The highest BCUT2D eigenvalue weighted by Gasteiger charge is 2.08. The van der Waals surface area contributed by atoms with E-state index in [-0.39, 0.29) is 6.10 Å². The monoisotopic (exact) mass is 424 g/mol. The molecule has 0 aromatic carbocycles. The number of aliphatic hydroxyl groups excluding tert-OH is 1. The zero-order chi connectivity index (χ0) is 22.3. The molecular formula is C29H60O. The maximum Gasteiger partial charge on any atom is 0.0540 e. The van der Waals surface area contributed by atoms with Crippen molar-refractivity contribution in [3.05, 3.63) is 0 Å². The number of aliphatic hydroxyl groups is 1. The molecule has 0 heterocycles. The van der Waals surface area contributed by atoms with Crippen molar-refractivity contribution < 1.29 is 5.11 Å². The van der Waals surface area contributed by atoms with E-state index in [1.54, 1.807) is 0 Å². The van der Waals surface area contributed by atoms with Crippen LogP contribution in [0.4, 0.5) is 0 Å². The van der Waals surface area contributed by atoms with Crippen LogP contribution in [0.5, 0.6) is 0 Å². The standard InChI is InChI=1S/C29H60O/c1-5-6-7-8-16-19-22-25-28(30)26-23-20-17-14-12-10-9-11-13-15-18-21-24-27-29(2,3)4/h28,30H,5-27H2,1-4H3. The van der Waals surface area contributed by atoms with Crippen molar-refractivity contribution in [3.63, 3.8) is 0 Å². The van der Waals surface area contributed by atoms with Gasteiger partial charge in [0, 0.05) is 0 Å². The average Bonchev–Trinajstić information content (AvgIpc) is 2.69. The molecule has 0 bridgehead atoms. The molecule has 0 radical (unpaired) electrons. The molecular weight excluding hydrogens is 364 g/mol. The Morgan fingerprint density at radius 1 is 0.467 bits per heavy atom. The van der Waals surface area contributed by atoms with E-state index in [4.69, 9.17) is 0 Å². The summed E-state index contributed by atoms with van der Waals surface area (Å²) >= 11 is 0. The third-order valence-electron chi connectivity index (χ3n) is 6.61. The molecule has 0 rings (SSSR count). The molecule has 0 aromatic heterocycles. The number of hydrogen-bond acceptors (Lipinski definition) is 1. The van der Waals surface area contributed by atoms with E-state index in [0.29, 0.717) is 5.41 Å². The molecule has 0 aromatic rings. The first kappa shape index (κ1) is 30.0. The summed E-state index contributed by atoms with van der Waals surface area (Å²) in [6, 6.07) is 0. The Morgan fingerprint density at radius 3 is 1.10 bits per heavy atom. The van der Waals surface area contributed by atoms with Crippen molar-refractivity contribution in [2.75, 3.05) is 0 Å². The summed E-state index contributed by atoms with van der Waals surface area (Å²) in [5.41, 5.74) is 0.521. The van der Waals surface area contributed by atoms with Crippen LogP contribution in [0, 0.1) is 5.41 Å². The van der Waals surface area contributed by atoms with Gasteiger partial charge >= 0.3 is 0 Å². The molecule has 0 aliphatic carbocycles. The summed E-state index contributed by atoms with van der Waals surface area (Å²) in [7, 11) is 0. The first-order chi connectivity index (χ1) is 14.5. The first-order valence-corrected chi connectivity index (χ1v) is 14.1. The van der Waals surface area contributed by atoms with Crippen LogP contribution in [-0.2, 0) is 0 Å². The summed E-state index contributed by atoms with van der Waals surface area (Å²) in [6.07, 6.45) is 31.1. The summed E-state index contributed by atoms with van der Waals surface area (Å²) in [5.74, 6) is 0. The Kier molecular flexibility index (Phi) is 22.1. The van der Waals surface area contributed by atoms with Crippen LogP contribution >= 0.6 is 0 Å². The van der Waals surface area contributed by atoms with Gasteiger partial charge in [-0.05, 0) is 24.7 Å². The van der Waals surface area contributed by atoms with E-state index in [2.05, 4.69) is 27.7 Å². The quantitative estimate of drug-likeness (QED) is 0.162. The molecule has 1 unspecified atom stereocenters. The average molecular weight is 425 g/mol. The van der Waals surface area contributed by atoms with E-state index < -0.39 is 0 Å². The van der Waals surface area contributed by atoms with Gasteiger partial charge in [-0.3, -0.25) is 0 Å². The molecule has 1 N–H and O–H groups in total. The third-order valence-corrected chi connectivity index (χ3v) is 6.61. The van der Waals surface area contributed by atoms with Crippen molar-refractivity contribution in [3.8, 4) is 0 Å². The maximum absolute atomic E-state index is 10.1. The Morgan fingerprint density at radius 2 is 0.767 bits per heavy atom. The largest absolute Gasteiger partial charge is 0.393 e. The summed E-state index contributed by atoms with van der Waals surface area (Å²) in [6.45, 7) is 9.34. The van der Waals surface area contributed by atoms with Crippen molar-refractivity contribution in [2.45, 2.75) is 181 Å². The predicted octanol–water partition coefficient (Wildman–Crippen LogP) is 10.4. The van der Waals surface area contributed by atoms with E-state index >= 15 is 0 Å². The molecule has 0 saturated heterocycles. The molecule has 0 saturated carbocycles. The van der Waals surface area contributed by atoms with Crippen LogP contribution in [-0.4, -0.2) is 11.2 Å². The second kappa shape index (κ2) is 22.2. The van der Waals surface area contributed by atoms with E-state index in [1.807, 2.05) is 0 Å². The minimum Gasteiger partial charge on any atom is -0.393 e. The summed E-state index contributed by atoms with van der Waals surface area (Å²) in [5, 5.41) is 10.1. The van der Waals surface area contributed by atoms with Crippen LogP contribution in [0.2, 0.25) is 0 Å². The number of rotatable bonds is 23. The molecule has 1 nitrogen and oxygen atoms in total. The second-order valence-electron chi connectivity index (χ2n) is 11.3. The van der Waals surface area contributed by atoms with Crippen molar-refractivity contribution in [1.82, 2.24) is 0 Å². The Labute approximate surface area is 192 Å². The second-order valence-corrected chi connectivity index (χ2v) is 11.3. The maximum atomic E-state index is 10.1. The molecule has 182 valence electrons. The van der Waals surface area contributed by atoms with Gasteiger partial charge in [-0.25, -0.2) is 0 Å². The van der Waals surface area contributed by atoms with Gasteiger partial charge in [-0.1, -0.05) is 156 Å². The molecule has 1 heteroatoms. The van der Waals surface area contributed by atoms with Crippen LogP contribution < -0.4 is 0 Å². The predicted molar refractivity (Wildman–Crippen MR) is 137 cm³/mol. The highest BCUT2D eigenvalue weighted by molar-refractivity contribution is 4.61. The fourth-order valence-corrected chi connectivity index (χ4v) is 4.46. The lowest BCUT2D eigenvalue weighted by atomic mass is 9.89. The molecule has 0 aliphatic heterocycles. The molecule has 0 fully saturated rings. The minimum absolute atomic E-state index is 0.0332. The van der Waals surface area contributed by atoms with Gasteiger partial charge in [0.25, 0.3) is 0 Å². The highest BCUT2D eigenvalue weighted by Crippen LogP contribution is 2.22. The number of unbranched alkanes of at least 4 members (excludes halogenated alkanes) is 18.